The standard InChI is InChI=1S/C12H21NO/c1-9(10-6-7-10)13(2)11-4-3-5-12(14)8-11/h9-11H,3-8H2,1-2H3. The van der Waals surface area contributed by atoms with Gasteiger partial charge in [0.05, 0.1) is 0 Å². The Morgan fingerprint density at radius 2 is 2.07 bits per heavy atom. The molecule has 0 spiro atoms. The molecule has 80 valence electrons. The van der Waals surface area contributed by atoms with Gasteiger partial charge in [0.15, 0.2) is 0 Å². The van der Waals surface area contributed by atoms with Crippen molar-refractivity contribution < 1.29 is 4.79 Å². The van der Waals surface area contributed by atoms with Crippen LogP contribution in [-0.2, 0) is 4.79 Å². The fourth-order valence-corrected chi connectivity index (χ4v) is 2.59. The zero-order chi connectivity index (χ0) is 10.1. The van der Waals surface area contributed by atoms with Gasteiger partial charge in [-0.3, -0.25) is 4.79 Å². The van der Waals surface area contributed by atoms with Crippen molar-refractivity contribution in [3.63, 3.8) is 0 Å². The summed E-state index contributed by atoms with van der Waals surface area (Å²) in [5.41, 5.74) is 0. The number of carbonyl (C=O) groups excluding carboxylic acids is 1. The average molecular weight is 195 g/mol. The summed E-state index contributed by atoms with van der Waals surface area (Å²) in [5.74, 6) is 1.38. The van der Waals surface area contributed by atoms with Gasteiger partial charge in [-0.2, -0.15) is 0 Å². The van der Waals surface area contributed by atoms with Crippen LogP contribution in [0.3, 0.4) is 0 Å². The van der Waals surface area contributed by atoms with Crippen LogP contribution in [0.15, 0.2) is 0 Å². The number of nitrogens with zero attached hydrogens (tertiary/aromatic N) is 1. The van der Waals surface area contributed by atoms with E-state index in [-0.39, 0.29) is 0 Å². The summed E-state index contributed by atoms with van der Waals surface area (Å²) in [6.07, 6.45) is 6.73. The first kappa shape index (κ1) is 10.2. The minimum atomic E-state index is 0.469. The molecule has 2 aliphatic carbocycles. The highest BCUT2D eigenvalue weighted by molar-refractivity contribution is 5.79. The molecule has 0 heterocycles. The van der Waals surface area contributed by atoms with E-state index in [0.717, 1.165) is 25.2 Å². The summed E-state index contributed by atoms with van der Waals surface area (Å²) in [5, 5.41) is 0. The number of hydrogen-bond donors (Lipinski definition) is 0. The van der Waals surface area contributed by atoms with Gasteiger partial charge in [-0.15, -0.1) is 0 Å². The van der Waals surface area contributed by atoms with Crippen LogP contribution in [0.5, 0.6) is 0 Å². The van der Waals surface area contributed by atoms with Crippen LogP contribution >= 0.6 is 0 Å². The van der Waals surface area contributed by atoms with E-state index >= 15 is 0 Å². The summed E-state index contributed by atoms with van der Waals surface area (Å²) in [4.78, 5) is 13.8. The Kier molecular flexibility index (Phi) is 2.91. The van der Waals surface area contributed by atoms with E-state index in [1.54, 1.807) is 0 Å². The highest BCUT2D eigenvalue weighted by Gasteiger charge is 2.34. The van der Waals surface area contributed by atoms with E-state index in [0.29, 0.717) is 17.9 Å². The quantitative estimate of drug-likeness (QED) is 0.688. The lowest BCUT2D eigenvalue weighted by molar-refractivity contribution is -0.122. The fraction of sp³-hybridized carbons (Fsp3) is 0.917. The zero-order valence-electron chi connectivity index (χ0n) is 9.33. The van der Waals surface area contributed by atoms with Crippen molar-refractivity contribution in [3.8, 4) is 0 Å². The van der Waals surface area contributed by atoms with Crippen LogP contribution in [0, 0.1) is 5.92 Å². The van der Waals surface area contributed by atoms with Gasteiger partial charge >= 0.3 is 0 Å². The van der Waals surface area contributed by atoms with Crippen LogP contribution in [0.2, 0.25) is 0 Å². The predicted octanol–water partition coefficient (Wildman–Crippen LogP) is 2.23. The maximum atomic E-state index is 11.4. The number of carbonyl (C=O) groups is 1. The van der Waals surface area contributed by atoms with Gasteiger partial charge in [-0.05, 0) is 45.6 Å². The third-order valence-electron chi connectivity index (χ3n) is 3.98. The molecule has 0 aromatic rings. The van der Waals surface area contributed by atoms with E-state index in [1.807, 2.05) is 0 Å². The molecule has 0 aliphatic heterocycles. The summed E-state index contributed by atoms with van der Waals surface area (Å²) >= 11 is 0. The molecule has 2 saturated carbocycles. The molecule has 2 aliphatic rings. The maximum Gasteiger partial charge on any atom is 0.134 e. The smallest absolute Gasteiger partial charge is 0.134 e. The van der Waals surface area contributed by atoms with Gasteiger partial charge < -0.3 is 4.90 Å². The number of rotatable bonds is 3. The van der Waals surface area contributed by atoms with Crippen LogP contribution < -0.4 is 0 Å². The van der Waals surface area contributed by atoms with Gasteiger partial charge in [0.1, 0.15) is 5.78 Å². The van der Waals surface area contributed by atoms with Gasteiger partial charge in [-0.1, -0.05) is 0 Å². The normalized spacial score (nSPS) is 30.8. The molecule has 0 saturated heterocycles. The molecule has 0 aromatic carbocycles. The Labute approximate surface area is 86.7 Å². The first-order valence-corrected chi connectivity index (χ1v) is 5.92. The average Bonchev–Trinajstić information content (AvgIpc) is 2.99. The van der Waals surface area contributed by atoms with E-state index in [2.05, 4.69) is 18.9 Å². The molecule has 2 unspecified atom stereocenters. The molecule has 2 nitrogen and oxygen atoms in total. The van der Waals surface area contributed by atoms with Crippen molar-refractivity contribution in [2.24, 2.45) is 5.92 Å². The lowest BCUT2D eigenvalue weighted by Crippen LogP contribution is -2.42. The first-order valence-electron chi connectivity index (χ1n) is 5.92. The van der Waals surface area contributed by atoms with Crippen molar-refractivity contribution in [2.75, 3.05) is 7.05 Å². The topological polar surface area (TPSA) is 20.3 Å². The molecule has 0 radical (unpaired) electrons. The summed E-state index contributed by atoms with van der Waals surface area (Å²) in [6, 6.07) is 1.22. The van der Waals surface area contributed by atoms with E-state index < -0.39 is 0 Å². The Bertz CT molecular complexity index is 222. The van der Waals surface area contributed by atoms with Crippen LogP contribution in [0.1, 0.15) is 45.4 Å². The van der Waals surface area contributed by atoms with Gasteiger partial charge in [0.25, 0.3) is 0 Å². The summed E-state index contributed by atoms with van der Waals surface area (Å²) in [6.45, 7) is 2.32. The number of hydrogen-bond acceptors (Lipinski definition) is 2. The molecular formula is C12H21NO. The highest BCUT2D eigenvalue weighted by atomic mass is 16.1. The summed E-state index contributed by atoms with van der Waals surface area (Å²) < 4.78 is 0. The second-order valence-electron chi connectivity index (χ2n) is 5.03. The Morgan fingerprint density at radius 1 is 1.36 bits per heavy atom. The molecule has 14 heavy (non-hydrogen) atoms. The molecule has 2 atom stereocenters. The van der Waals surface area contributed by atoms with Crippen molar-refractivity contribution in [3.05, 3.63) is 0 Å². The van der Waals surface area contributed by atoms with Crippen molar-refractivity contribution in [1.29, 1.82) is 0 Å². The highest BCUT2D eigenvalue weighted by Crippen LogP contribution is 2.36. The second-order valence-corrected chi connectivity index (χ2v) is 5.03. The minimum absolute atomic E-state index is 0.469. The molecule has 2 heteroatoms. The van der Waals surface area contributed by atoms with Crippen LogP contribution in [0.4, 0.5) is 0 Å². The second kappa shape index (κ2) is 4.01. The Hall–Kier alpha value is -0.370. The fourth-order valence-electron chi connectivity index (χ4n) is 2.59. The monoisotopic (exact) mass is 195 g/mol. The van der Waals surface area contributed by atoms with Gasteiger partial charge in [0, 0.05) is 24.9 Å². The summed E-state index contributed by atoms with van der Waals surface area (Å²) in [7, 11) is 2.20. The van der Waals surface area contributed by atoms with Crippen molar-refractivity contribution >= 4 is 5.78 Å². The molecular weight excluding hydrogens is 174 g/mol. The Morgan fingerprint density at radius 3 is 2.64 bits per heavy atom. The van der Waals surface area contributed by atoms with Crippen molar-refractivity contribution in [1.82, 2.24) is 4.90 Å². The molecule has 2 rings (SSSR count). The lowest BCUT2D eigenvalue weighted by Gasteiger charge is -2.35. The largest absolute Gasteiger partial charge is 0.300 e. The predicted molar refractivity (Wildman–Crippen MR) is 57.2 cm³/mol. The number of Topliss-reactive ketones (excluding diaryl/α,β-unsaturated/α-hetero) is 1. The van der Waals surface area contributed by atoms with Crippen molar-refractivity contribution in [2.45, 2.75) is 57.5 Å². The third-order valence-corrected chi connectivity index (χ3v) is 3.98. The lowest BCUT2D eigenvalue weighted by atomic mass is 9.92. The third kappa shape index (κ3) is 2.17. The Balaban J connectivity index is 1.88. The van der Waals surface area contributed by atoms with Gasteiger partial charge in [0.2, 0.25) is 0 Å². The molecule has 2 fully saturated rings. The first-order chi connectivity index (χ1) is 6.68. The van der Waals surface area contributed by atoms with E-state index in [9.17, 15) is 4.79 Å². The minimum Gasteiger partial charge on any atom is -0.300 e. The molecule has 0 N–H and O–H groups in total. The number of ketones is 1. The molecule has 0 amide bonds. The van der Waals surface area contributed by atoms with Crippen LogP contribution in [0.25, 0.3) is 0 Å². The van der Waals surface area contributed by atoms with E-state index in [1.165, 1.54) is 19.3 Å². The SMILES string of the molecule is CC(C1CC1)N(C)C1CCCC(=O)C1. The van der Waals surface area contributed by atoms with Gasteiger partial charge in [-0.25, -0.2) is 0 Å². The van der Waals surface area contributed by atoms with Crippen LogP contribution in [-0.4, -0.2) is 29.8 Å². The molecule has 0 bridgehead atoms. The molecule has 0 aromatic heterocycles. The van der Waals surface area contributed by atoms with E-state index in [4.69, 9.17) is 0 Å². The maximum absolute atomic E-state index is 11.4. The zero-order valence-corrected chi connectivity index (χ0v) is 9.33.